The molecule has 0 saturated heterocycles. The van der Waals surface area contributed by atoms with Crippen LogP contribution in [0.25, 0.3) is 0 Å². The zero-order valence-corrected chi connectivity index (χ0v) is 12.5. The summed E-state index contributed by atoms with van der Waals surface area (Å²) in [5.74, 6) is 0. The van der Waals surface area contributed by atoms with Crippen molar-refractivity contribution in [2.24, 2.45) is 0 Å². The van der Waals surface area contributed by atoms with Crippen molar-refractivity contribution in [3.8, 4) is 0 Å². The topological polar surface area (TPSA) is 181 Å². The van der Waals surface area contributed by atoms with Gasteiger partial charge in [0, 0.05) is 17.1 Å². The van der Waals surface area contributed by atoms with Crippen LogP contribution in [-0.4, -0.2) is 21.7 Å². The van der Waals surface area contributed by atoms with E-state index in [9.17, 15) is 0 Å². The second-order valence-electron chi connectivity index (χ2n) is 0.844. The van der Waals surface area contributed by atoms with Crippen LogP contribution in [0.4, 0.5) is 0 Å². The van der Waals surface area contributed by atoms with E-state index in [-0.39, 0.29) is 76.0 Å². The fourth-order valence-corrected chi connectivity index (χ4v) is 0. The molecule has 0 rings (SSSR count). The van der Waals surface area contributed by atoms with Crippen molar-refractivity contribution in [2.75, 3.05) is 0 Å². The van der Waals surface area contributed by atoms with Crippen LogP contribution >= 0.6 is 0 Å². The van der Waals surface area contributed by atoms with Gasteiger partial charge in [-0.25, -0.2) is 0 Å². The third kappa shape index (κ3) is 561. The number of hydrogen-bond acceptors (Lipinski definition) is 6. The predicted molar refractivity (Wildman–Crippen MR) is 24.6 cm³/mol. The van der Waals surface area contributed by atoms with Gasteiger partial charge in [-0.1, -0.05) is 0 Å². The van der Waals surface area contributed by atoms with Gasteiger partial charge < -0.3 is 7.58 Å². The van der Waals surface area contributed by atoms with Gasteiger partial charge in [0.2, 0.25) is 0 Å². The van der Waals surface area contributed by atoms with E-state index >= 15 is 0 Å². The first kappa shape index (κ1) is 29.4. The molecule has 0 radical (unpaired) electrons. The molecule has 6 N–H and O–H groups in total. The van der Waals surface area contributed by atoms with Gasteiger partial charge in [-0.15, -0.1) is 0 Å². The Kier molecular flexibility index (Phi) is 27.0. The van der Waals surface area contributed by atoms with E-state index in [1.54, 1.807) is 0 Å². The summed E-state index contributed by atoms with van der Waals surface area (Å²) in [5.41, 5.74) is 0. The molecule has 0 aromatic heterocycles. The molecule has 13 heteroatoms. The minimum absolute atomic E-state index is 0. The van der Waals surface area contributed by atoms with Gasteiger partial charge in [-0.05, 0) is 0 Å². The van der Waals surface area contributed by atoms with Crippen LogP contribution in [0.2, 0.25) is 0 Å². The van der Waals surface area contributed by atoms with Gasteiger partial charge in [0.25, 0.3) is 0 Å². The normalized spacial score (nSPS) is 8.85. The Hall–Kier alpha value is 1.87. The molecule has 0 unspecified atom stereocenters. The Balaban J connectivity index is -0.0000000178. The van der Waals surface area contributed by atoms with Gasteiger partial charge in [0.1, 0.15) is 0 Å². The van der Waals surface area contributed by atoms with E-state index in [1.807, 2.05) is 0 Å². The van der Waals surface area contributed by atoms with Gasteiger partial charge in [0.05, 0.1) is 0 Å². The Morgan fingerprint density at radius 1 is 1.08 bits per heavy atom. The summed E-state index contributed by atoms with van der Waals surface area (Å²) in [4.78, 5) is 0. The molecule has 0 heterocycles. The van der Waals surface area contributed by atoms with E-state index in [2.05, 4.69) is 0 Å². The second kappa shape index (κ2) is 11.9. The summed E-state index contributed by atoms with van der Waals surface area (Å²) >= 11 is -5.38. The maximum atomic E-state index is 8.74. The van der Waals surface area contributed by atoms with Crippen LogP contribution in [0.3, 0.4) is 0 Å². The SMILES string of the molecule is N.O=S(=O)(O)O.[Fe].[H-].[K+].[O]=[Mn](=[O])(=[O])[OH]. The van der Waals surface area contributed by atoms with Crippen LogP contribution in [0.1, 0.15) is 1.43 Å². The summed E-state index contributed by atoms with van der Waals surface area (Å²) < 4.78 is 64.6. The maximum absolute atomic E-state index is 8.74. The second-order valence-corrected chi connectivity index (χ2v) is 2.98. The first-order valence-corrected chi connectivity index (χ1v) is 4.70. The van der Waals surface area contributed by atoms with Crippen molar-refractivity contribution < 1.29 is 116 Å². The van der Waals surface area contributed by atoms with Crippen molar-refractivity contribution in [2.45, 2.75) is 0 Å². The minimum atomic E-state index is -5.38. The molecule has 9 nitrogen and oxygen atoms in total. The van der Waals surface area contributed by atoms with E-state index in [0.717, 1.165) is 0 Å². The molecule has 0 aromatic rings. The Labute approximate surface area is 130 Å². The molecule has 0 atom stereocenters. The van der Waals surface area contributed by atoms with E-state index < -0.39 is 23.4 Å². The van der Waals surface area contributed by atoms with Crippen LogP contribution in [0.15, 0.2) is 0 Å². The molecule has 82 valence electrons. The molecule has 0 aliphatic rings. The molecule has 0 fully saturated rings. The zero-order chi connectivity index (χ0) is 9.00. The molecule has 0 aliphatic carbocycles. The van der Waals surface area contributed by atoms with E-state index in [1.165, 1.54) is 0 Å². The average Bonchev–Trinajstić information content (AvgIpc) is 1.12. The van der Waals surface area contributed by atoms with E-state index in [0.29, 0.717) is 0 Å². The van der Waals surface area contributed by atoms with Crippen LogP contribution < -0.4 is 57.5 Å². The molecule has 13 heavy (non-hydrogen) atoms. The first-order valence-electron chi connectivity index (χ1n) is 1.33. The monoisotopic (exact) mass is 331 g/mol. The van der Waals surface area contributed by atoms with Crippen molar-refractivity contribution in [1.82, 2.24) is 6.15 Å². The van der Waals surface area contributed by atoms with E-state index in [4.69, 9.17) is 33.2 Å². The summed E-state index contributed by atoms with van der Waals surface area (Å²) in [6.07, 6.45) is 0. The Morgan fingerprint density at radius 3 is 1.08 bits per heavy atom. The van der Waals surface area contributed by atoms with Gasteiger partial charge in [-0.2, -0.15) is 8.42 Å². The molecule has 0 bridgehead atoms. The fourth-order valence-electron chi connectivity index (χ4n) is 0. The third-order valence-corrected chi connectivity index (χ3v) is 0. The molecule has 0 amide bonds. The first-order chi connectivity index (χ1) is 4.00. The van der Waals surface area contributed by atoms with Crippen molar-refractivity contribution >= 4 is 10.4 Å². The van der Waals surface area contributed by atoms with Crippen LogP contribution in [0.5, 0.6) is 0 Å². The predicted octanol–water partition coefficient (Wildman–Crippen LogP) is -4.29. The molecule has 0 spiro atoms. The van der Waals surface area contributed by atoms with Gasteiger partial charge >= 0.3 is 90.4 Å². The van der Waals surface area contributed by atoms with Crippen molar-refractivity contribution in [3.05, 3.63) is 0 Å². The summed E-state index contributed by atoms with van der Waals surface area (Å²) in [7, 11) is -4.67. The molecule has 0 saturated carbocycles. The molecule has 0 aliphatic heterocycles. The summed E-state index contributed by atoms with van der Waals surface area (Å²) in [6, 6.07) is 0. The molecule has 0 aromatic carbocycles. The standard InChI is InChI=1S/Fe.K.Mn.H3N.H2O4S.H2O.3O.H/c;;;;1-5(2,3)4;;;;;/h;;;1H3;(H2,1,2,3,4);1H2;;;;/q;2*+1;;;;;;;-1/p-1. The van der Waals surface area contributed by atoms with Gasteiger partial charge in [0.15, 0.2) is 0 Å². The van der Waals surface area contributed by atoms with Crippen molar-refractivity contribution in [1.29, 1.82) is 0 Å². The summed E-state index contributed by atoms with van der Waals surface area (Å²) in [5, 5.41) is 0. The quantitative estimate of drug-likeness (QED) is 0.252. The van der Waals surface area contributed by atoms with Crippen LogP contribution in [0, 0.1) is 0 Å². The summed E-state index contributed by atoms with van der Waals surface area (Å²) in [6.45, 7) is 0. The average molecular weight is 331 g/mol. The third-order valence-electron chi connectivity index (χ3n) is 0. The molecular weight excluding hydrogens is 324 g/mol. The van der Waals surface area contributed by atoms with Gasteiger partial charge in [-0.3, -0.25) is 9.11 Å². The number of rotatable bonds is 0. The fraction of sp³-hybridized carbons (Fsp3) is 0. The number of hydrogen-bond donors (Lipinski definition) is 4. The Bertz CT molecular complexity index is 304. The zero-order valence-electron chi connectivity index (χ0n) is 7.23. The molecular formula is H7FeKMnNO8S. The Morgan fingerprint density at radius 2 is 1.08 bits per heavy atom. The van der Waals surface area contributed by atoms with Crippen LogP contribution in [-0.2, 0) is 51.9 Å². The van der Waals surface area contributed by atoms with Crippen molar-refractivity contribution in [3.63, 3.8) is 0 Å².